The Morgan fingerprint density at radius 1 is 1.53 bits per heavy atom. The number of aliphatic hydroxyl groups excluding tert-OH is 1. The van der Waals surface area contributed by atoms with Crippen LogP contribution in [0.5, 0.6) is 0 Å². The van der Waals surface area contributed by atoms with Crippen LogP contribution < -0.4 is 0 Å². The Morgan fingerprint density at radius 3 is 2.71 bits per heavy atom. The van der Waals surface area contributed by atoms with Crippen LogP contribution in [-0.4, -0.2) is 47.3 Å². The van der Waals surface area contributed by atoms with Crippen molar-refractivity contribution in [3.63, 3.8) is 0 Å². The van der Waals surface area contributed by atoms with Crippen molar-refractivity contribution in [1.29, 1.82) is 0 Å². The SMILES string of the molecule is CC(C(=O)OC(C)(C)C)N1CCC(CCO)C1. The minimum atomic E-state index is -0.421. The largest absolute Gasteiger partial charge is 0.459 e. The number of hydrogen-bond acceptors (Lipinski definition) is 4. The fraction of sp³-hybridized carbons (Fsp3) is 0.923. The highest BCUT2D eigenvalue weighted by molar-refractivity contribution is 5.75. The van der Waals surface area contributed by atoms with Crippen molar-refractivity contribution in [2.45, 2.75) is 52.2 Å². The summed E-state index contributed by atoms with van der Waals surface area (Å²) in [6.07, 6.45) is 1.89. The van der Waals surface area contributed by atoms with Crippen LogP contribution in [0.4, 0.5) is 0 Å². The third-order valence-corrected chi connectivity index (χ3v) is 3.15. The van der Waals surface area contributed by atoms with E-state index in [1.165, 1.54) is 0 Å². The summed E-state index contributed by atoms with van der Waals surface area (Å²) in [4.78, 5) is 14.0. The van der Waals surface area contributed by atoms with Crippen molar-refractivity contribution < 1.29 is 14.6 Å². The van der Waals surface area contributed by atoms with E-state index in [0.29, 0.717) is 5.92 Å². The topological polar surface area (TPSA) is 49.8 Å². The highest BCUT2D eigenvalue weighted by Gasteiger charge is 2.31. The van der Waals surface area contributed by atoms with Gasteiger partial charge in [0.05, 0.1) is 0 Å². The van der Waals surface area contributed by atoms with Crippen LogP contribution in [-0.2, 0) is 9.53 Å². The molecule has 0 aromatic rings. The Kier molecular flexibility index (Phi) is 4.95. The van der Waals surface area contributed by atoms with Crippen molar-refractivity contribution in [2.75, 3.05) is 19.7 Å². The minimum absolute atomic E-state index is 0.151. The predicted octanol–water partition coefficient (Wildman–Crippen LogP) is 1.42. The molecule has 1 aliphatic rings. The molecule has 0 aromatic heterocycles. The Balaban J connectivity index is 2.43. The third-order valence-electron chi connectivity index (χ3n) is 3.15. The van der Waals surface area contributed by atoms with Gasteiger partial charge in [-0.05, 0) is 53.0 Å². The molecule has 0 aliphatic carbocycles. The zero-order chi connectivity index (χ0) is 13.1. The zero-order valence-corrected chi connectivity index (χ0v) is 11.4. The molecule has 4 nitrogen and oxygen atoms in total. The number of esters is 1. The molecule has 0 aromatic carbocycles. The number of carbonyl (C=O) groups excluding carboxylic acids is 1. The van der Waals surface area contributed by atoms with Crippen LogP contribution in [0.3, 0.4) is 0 Å². The van der Waals surface area contributed by atoms with E-state index in [2.05, 4.69) is 4.90 Å². The number of carbonyl (C=O) groups is 1. The van der Waals surface area contributed by atoms with Gasteiger partial charge < -0.3 is 9.84 Å². The molecule has 1 rings (SSSR count). The lowest BCUT2D eigenvalue weighted by molar-refractivity contribution is -0.160. The van der Waals surface area contributed by atoms with Crippen LogP contribution in [0.15, 0.2) is 0 Å². The normalized spacial score (nSPS) is 23.7. The van der Waals surface area contributed by atoms with Gasteiger partial charge in [0, 0.05) is 13.2 Å². The first-order valence-corrected chi connectivity index (χ1v) is 6.41. The standard InChI is InChI=1S/C13H25NO3/c1-10(12(16)17-13(2,3)4)14-7-5-11(9-14)6-8-15/h10-11,15H,5-9H2,1-4H3. The van der Waals surface area contributed by atoms with Gasteiger partial charge in [-0.1, -0.05) is 0 Å². The molecule has 4 heteroatoms. The molecule has 1 saturated heterocycles. The highest BCUT2D eigenvalue weighted by Crippen LogP contribution is 2.22. The average molecular weight is 243 g/mol. The number of nitrogens with zero attached hydrogens (tertiary/aromatic N) is 1. The molecule has 0 bridgehead atoms. The summed E-state index contributed by atoms with van der Waals surface area (Å²) in [5, 5.41) is 8.90. The van der Waals surface area contributed by atoms with Gasteiger partial charge in [0.15, 0.2) is 0 Å². The van der Waals surface area contributed by atoms with Crippen molar-refractivity contribution in [1.82, 2.24) is 4.90 Å². The van der Waals surface area contributed by atoms with Crippen molar-refractivity contribution in [3.8, 4) is 0 Å². The average Bonchev–Trinajstić information content (AvgIpc) is 2.63. The summed E-state index contributed by atoms with van der Waals surface area (Å²) >= 11 is 0. The maximum absolute atomic E-state index is 11.9. The molecule has 2 unspecified atom stereocenters. The fourth-order valence-corrected chi connectivity index (χ4v) is 2.17. The van der Waals surface area contributed by atoms with E-state index in [1.54, 1.807) is 0 Å². The summed E-state index contributed by atoms with van der Waals surface area (Å²) < 4.78 is 5.38. The molecule has 0 saturated carbocycles. The van der Waals surface area contributed by atoms with Gasteiger partial charge >= 0.3 is 5.97 Å². The molecule has 0 spiro atoms. The molecule has 100 valence electrons. The third kappa shape index (κ3) is 4.64. The first-order chi connectivity index (χ1) is 7.83. The Morgan fingerprint density at radius 2 is 2.18 bits per heavy atom. The summed E-state index contributed by atoms with van der Waals surface area (Å²) in [7, 11) is 0. The van der Waals surface area contributed by atoms with Crippen LogP contribution in [0, 0.1) is 5.92 Å². The van der Waals surface area contributed by atoms with Crippen LogP contribution >= 0.6 is 0 Å². The Labute approximate surface area is 104 Å². The van der Waals surface area contributed by atoms with E-state index in [1.807, 2.05) is 27.7 Å². The zero-order valence-electron chi connectivity index (χ0n) is 11.4. The summed E-state index contributed by atoms with van der Waals surface area (Å²) in [6.45, 7) is 9.60. The number of rotatable bonds is 4. The highest BCUT2D eigenvalue weighted by atomic mass is 16.6. The molecule has 1 N–H and O–H groups in total. The summed E-state index contributed by atoms with van der Waals surface area (Å²) in [5.74, 6) is 0.368. The lowest BCUT2D eigenvalue weighted by Gasteiger charge is -2.27. The second-order valence-electron chi connectivity index (χ2n) is 5.87. The Hall–Kier alpha value is -0.610. The summed E-state index contributed by atoms with van der Waals surface area (Å²) in [6, 6.07) is -0.182. The fourth-order valence-electron chi connectivity index (χ4n) is 2.17. The first kappa shape index (κ1) is 14.5. The van der Waals surface area contributed by atoms with E-state index in [0.717, 1.165) is 25.9 Å². The molecule has 1 aliphatic heterocycles. The molecule has 1 fully saturated rings. The van der Waals surface area contributed by atoms with Gasteiger partial charge in [-0.3, -0.25) is 9.69 Å². The molecular formula is C13H25NO3. The number of hydrogen-bond donors (Lipinski definition) is 1. The smallest absolute Gasteiger partial charge is 0.323 e. The van der Waals surface area contributed by atoms with Crippen molar-refractivity contribution in [3.05, 3.63) is 0 Å². The maximum Gasteiger partial charge on any atom is 0.323 e. The lowest BCUT2D eigenvalue weighted by Crippen LogP contribution is -2.41. The van der Waals surface area contributed by atoms with Gasteiger partial charge in [-0.2, -0.15) is 0 Å². The second kappa shape index (κ2) is 5.83. The van der Waals surface area contributed by atoms with Crippen molar-refractivity contribution >= 4 is 5.97 Å². The first-order valence-electron chi connectivity index (χ1n) is 6.41. The predicted molar refractivity (Wildman–Crippen MR) is 66.7 cm³/mol. The lowest BCUT2D eigenvalue weighted by atomic mass is 10.1. The molecule has 0 amide bonds. The molecular weight excluding hydrogens is 218 g/mol. The maximum atomic E-state index is 11.9. The second-order valence-corrected chi connectivity index (χ2v) is 5.87. The van der Waals surface area contributed by atoms with E-state index >= 15 is 0 Å². The molecule has 0 radical (unpaired) electrons. The summed E-state index contributed by atoms with van der Waals surface area (Å²) in [5.41, 5.74) is -0.421. The van der Waals surface area contributed by atoms with E-state index < -0.39 is 5.60 Å². The van der Waals surface area contributed by atoms with Gasteiger partial charge in [-0.15, -0.1) is 0 Å². The minimum Gasteiger partial charge on any atom is -0.459 e. The number of ether oxygens (including phenoxy) is 1. The van der Waals surface area contributed by atoms with E-state index in [4.69, 9.17) is 9.84 Å². The van der Waals surface area contributed by atoms with Gasteiger partial charge in [0.2, 0.25) is 0 Å². The van der Waals surface area contributed by atoms with Gasteiger partial charge in [-0.25, -0.2) is 0 Å². The van der Waals surface area contributed by atoms with Crippen LogP contribution in [0.2, 0.25) is 0 Å². The van der Waals surface area contributed by atoms with E-state index in [9.17, 15) is 4.79 Å². The Bertz CT molecular complexity index is 260. The quantitative estimate of drug-likeness (QED) is 0.759. The molecule has 2 atom stereocenters. The van der Waals surface area contributed by atoms with Crippen LogP contribution in [0.25, 0.3) is 0 Å². The number of aliphatic hydroxyl groups is 1. The molecule has 17 heavy (non-hydrogen) atoms. The van der Waals surface area contributed by atoms with Gasteiger partial charge in [0.1, 0.15) is 11.6 Å². The number of likely N-dealkylation sites (tertiary alicyclic amines) is 1. The monoisotopic (exact) mass is 243 g/mol. The van der Waals surface area contributed by atoms with Crippen LogP contribution in [0.1, 0.15) is 40.5 Å². The van der Waals surface area contributed by atoms with E-state index in [-0.39, 0.29) is 18.6 Å². The van der Waals surface area contributed by atoms with Crippen molar-refractivity contribution in [2.24, 2.45) is 5.92 Å². The van der Waals surface area contributed by atoms with Gasteiger partial charge in [0.25, 0.3) is 0 Å². The molecule has 1 heterocycles.